The van der Waals surface area contributed by atoms with Crippen LogP contribution < -0.4 is 16.0 Å². The summed E-state index contributed by atoms with van der Waals surface area (Å²) in [5, 5.41) is 28.7. The molecule has 1 fully saturated rings. The second-order valence-corrected chi connectivity index (χ2v) is 10.4. The van der Waals surface area contributed by atoms with E-state index in [-0.39, 0.29) is 32.3 Å². The number of aryl methyl sites for hydroxylation is 1. The van der Waals surface area contributed by atoms with Gasteiger partial charge in [-0.25, -0.2) is 9.78 Å². The molecule has 234 valence electrons. The zero-order chi connectivity index (χ0) is 31.3. The molecule has 2 amide bonds. The number of aromatic nitrogens is 1. The quantitative estimate of drug-likeness (QED) is 0.163. The van der Waals surface area contributed by atoms with Gasteiger partial charge in [0.05, 0.1) is 18.7 Å². The van der Waals surface area contributed by atoms with Crippen LogP contribution in [0.1, 0.15) is 36.3 Å². The summed E-state index contributed by atoms with van der Waals surface area (Å²) < 4.78 is 11.4. The third kappa shape index (κ3) is 9.49. The summed E-state index contributed by atoms with van der Waals surface area (Å²) in [7, 11) is 0. The Morgan fingerprint density at radius 2 is 1.80 bits per heavy atom. The Balaban J connectivity index is 1.29. The van der Waals surface area contributed by atoms with Crippen LogP contribution in [-0.4, -0.2) is 82.5 Å². The predicted molar refractivity (Wildman–Crippen MR) is 163 cm³/mol. The number of pyridine rings is 1. The molecule has 12 heteroatoms. The maximum atomic E-state index is 13.0. The van der Waals surface area contributed by atoms with Gasteiger partial charge in [-0.3, -0.25) is 14.9 Å². The average molecular weight is 606 g/mol. The van der Waals surface area contributed by atoms with Gasteiger partial charge in [0.1, 0.15) is 31.3 Å². The number of nitrogens with one attached hydrogen (secondary N) is 3. The Morgan fingerprint density at radius 1 is 1.05 bits per heavy atom. The van der Waals surface area contributed by atoms with Crippen LogP contribution in [0.2, 0.25) is 0 Å². The molecule has 3 aromatic rings. The number of likely N-dealkylation sites (tertiary alicyclic amines) is 1. The molecule has 0 bridgehead atoms. The van der Waals surface area contributed by atoms with Crippen molar-refractivity contribution in [1.82, 2.24) is 20.5 Å². The lowest BCUT2D eigenvalue weighted by Gasteiger charge is -2.24. The second-order valence-electron chi connectivity index (χ2n) is 10.4. The van der Waals surface area contributed by atoms with E-state index in [9.17, 15) is 24.6 Å². The van der Waals surface area contributed by atoms with E-state index in [1.54, 1.807) is 23.2 Å². The lowest BCUT2D eigenvalue weighted by atomic mass is 10.0. The first kappa shape index (κ1) is 32.4. The van der Waals surface area contributed by atoms with Gasteiger partial charge in [0.2, 0.25) is 5.91 Å². The van der Waals surface area contributed by atoms with Crippen LogP contribution in [0.3, 0.4) is 0 Å². The van der Waals surface area contributed by atoms with Crippen molar-refractivity contribution in [3.63, 3.8) is 0 Å². The summed E-state index contributed by atoms with van der Waals surface area (Å²) in [6.07, 6.45) is 0.642. The Hall–Kier alpha value is -4.52. The van der Waals surface area contributed by atoms with Gasteiger partial charge < -0.3 is 35.2 Å². The van der Waals surface area contributed by atoms with Crippen LogP contribution >= 0.6 is 0 Å². The average Bonchev–Trinajstić information content (AvgIpc) is 3.47. The molecule has 1 aromatic heterocycles. The first-order valence-electron chi connectivity index (χ1n) is 14.6. The van der Waals surface area contributed by atoms with Crippen molar-refractivity contribution in [3.8, 4) is 0 Å². The molecule has 1 saturated heterocycles. The first-order valence-corrected chi connectivity index (χ1v) is 14.6. The highest BCUT2D eigenvalue weighted by atomic mass is 16.6. The zero-order valence-corrected chi connectivity index (χ0v) is 24.6. The van der Waals surface area contributed by atoms with E-state index >= 15 is 0 Å². The van der Waals surface area contributed by atoms with Gasteiger partial charge in [-0.15, -0.1) is 0 Å². The standard InChI is InChI=1S/C32H39N5O7/c1-2-23-12-6-7-13-26(23)30(39)36-27(31(40)41)18-35-29(38)21-43-25-16-24(17-34-28-14-8-9-15-33-28)37(19-25)32(42)44-20-22-10-4-3-5-11-22/h3-15,24-25,27,30,36,39H,2,16-21H2,1H3,(H,33,34)(H,35,38)(H,40,41)/t24-,25+,27?,30?/m0/s1. The maximum Gasteiger partial charge on any atom is 0.410 e. The molecule has 0 radical (unpaired) electrons. The number of rotatable bonds is 15. The molecule has 4 rings (SSSR count). The smallest absolute Gasteiger partial charge is 0.410 e. The van der Waals surface area contributed by atoms with Crippen molar-refractivity contribution in [3.05, 3.63) is 95.7 Å². The zero-order valence-electron chi connectivity index (χ0n) is 24.6. The number of aliphatic carboxylic acids is 1. The van der Waals surface area contributed by atoms with E-state index in [0.29, 0.717) is 30.8 Å². The number of hydrogen-bond donors (Lipinski definition) is 5. The maximum absolute atomic E-state index is 13.0. The summed E-state index contributed by atoms with van der Waals surface area (Å²) in [6.45, 7) is 2.10. The number of carboxylic acids is 1. The number of anilines is 1. The number of aliphatic hydroxyl groups is 1. The number of amides is 2. The van der Waals surface area contributed by atoms with Crippen molar-refractivity contribution >= 4 is 23.8 Å². The SMILES string of the molecule is CCc1ccccc1C(O)NC(CNC(=O)CO[C@@H]1C[C@@H](CNc2ccccn2)N(C(=O)OCc2ccccc2)C1)C(=O)O. The highest BCUT2D eigenvalue weighted by Gasteiger charge is 2.37. The number of ether oxygens (including phenoxy) is 2. The number of aliphatic hydroxyl groups excluding tert-OH is 1. The highest BCUT2D eigenvalue weighted by molar-refractivity contribution is 5.79. The topological polar surface area (TPSA) is 162 Å². The van der Waals surface area contributed by atoms with Gasteiger partial charge in [0.15, 0.2) is 0 Å². The van der Waals surface area contributed by atoms with Crippen LogP contribution in [0.4, 0.5) is 10.6 Å². The van der Waals surface area contributed by atoms with Crippen molar-refractivity contribution in [2.24, 2.45) is 0 Å². The van der Waals surface area contributed by atoms with E-state index < -0.39 is 36.3 Å². The van der Waals surface area contributed by atoms with Gasteiger partial charge in [-0.1, -0.05) is 67.6 Å². The third-order valence-corrected chi connectivity index (χ3v) is 7.34. The highest BCUT2D eigenvalue weighted by Crippen LogP contribution is 2.23. The lowest BCUT2D eigenvalue weighted by Crippen LogP contribution is -2.48. The second kappa shape index (κ2) is 16.4. The molecule has 2 aromatic carbocycles. The molecule has 5 N–H and O–H groups in total. The van der Waals surface area contributed by atoms with Crippen LogP contribution in [0.5, 0.6) is 0 Å². The van der Waals surface area contributed by atoms with Crippen molar-refractivity contribution in [2.45, 2.75) is 50.8 Å². The molecule has 1 aliphatic rings. The van der Waals surface area contributed by atoms with Crippen molar-refractivity contribution < 1.29 is 34.1 Å². The number of carbonyl (C=O) groups is 3. The third-order valence-electron chi connectivity index (χ3n) is 7.34. The van der Waals surface area contributed by atoms with Gasteiger partial charge in [0.25, 0.3) is 0 Å². The summed E-state index contributed by atoms with van der Waals surface area (Å²) in [4.78, 5) is 43.3. The van der Waals surface area contributed by atoms with Gasteiger partial charge in [0, 0.05) is 19.3 Å². The summed E-state index contributed by atoms with van der Waals surface area (Å²) in [5.41, 5.74) is 2.33. The normalized spacial score (nSPS) is 17.5. The molecule has 1 aliphatic heterocycles. The minimum Gasteiger partial charge on any atom is -0.480 e. The molecular weight excluding hydrogens is 566 g/mol. The van der Waals surface area contributed by atoms with Crippen LogP contribution in [0, 0.1) is 0 Å². The van der Waals surface area contributed by atoms with E-state index in [2.05, 4.69) is 20.9 Å². The molecule has 44 heavy (non-hydrogen) atoms. The number of carbonyl (C=O) groups excluding carboxylic acids is 2. The molecule has 2 heterocycles. The Labute approximate surface area is 256 Å². The molecule has 12 nitrogen and oxygen atoms in total. The lowest BCUT2D eigenvalue weighted by molar-refractivity contribution is -0.140. The minimum atomic E-state index is -1.23. The fraction of sp³-hybridized carbons (Fsp3) is 0.375. The van der Waals surface area contributed by atoms with Crippen LogP contribution in [0.25, 0.3) is 0 Å². The monoisotopic (exact) mass is 605 g/mol. The predicted octanol–water partition coefficient (Wildman–Crippen LogP) is 2.70. The molecule has 0 aliphatic carbocycles. The number of benzene rings is 2. The Morgan fingerprint density at radius 3 is 2.52 bits per heavy atom. The molecule has 2 unspecified atom stereocenters. The summed E-state index contributed by atoms with van der Waals surface area (Å²) in [6, 6.07) is 20.6. The number of carboxylic acid groups (broad SMARTS) is 1. The fourth-order valence-corrected chi connectivity index (χ4v) is 4.98. The van der Waals surface area contributed by atoms with Crippen LogP contribution in [-0.2, 0) is 32.1 Å². The summed E-state index contributed by atoms with van der Waals surface area (Å²) >= 11 is 0. The Kier molecular flexibility index (Phi) is 12.0. The van der Waals surface area contributed by atoms with E-state index in [4.69, 9.17) is 9.47 Å². The van der Waals surface area contributed by atoms with E-state index in [1.165, 1.54) is 0 Å². The number of nitrogens with zero attached hydrogens (tertiary/aromatic N) is 2. The molecule has 0 saturated carbocycles. The van der Waals surface area contributed by atoms with Gasteiger partial charge in [-0.05, 0) is 41.7 Å². The molecule has 4 atom stereocenters. The molecule has 0 spiro atoms. The van der Waals surface area contributed by atoms with Gasteiger partial charge in [-0.2, -0.15) is 0 Å². The van der Waals surface area contributed by atoms with E-state index in [0.717, 1.165) is 11.1 Å². The van der Waals surface area contributed by atoms with Crippen molar-refractivity contribution in [2.75, 3.05) is 31.6 Å². The number of hydrogen-bond acceptors (Lipinski definition) is 9. The minimum absolute atomic E-state index is 0.127. The van der Waals surface area contributed by atoms with E-state index in [1.807, 2.05) is 67.6 Å². The summed E-state index contributed by atoms with van der Waals surface area (Å²) in [5.74, 6) is -1.07. The Bertz CT molecular complexity index is 1360. The van der Waals surface area contributed by atoms with Crippen LogP contribution in [0.15, 0.2) is 79.0 Å². The molecular formula is C32H39N5O7. The largest absolute Gasteiger partial charge is 0.480 e. The first-order chi connectivity index (χ1) is 21.3. The van der Waals surface area contributed by atoms with Gasteiger partial charge >= 0.3 is 12.1 Å². The fourth-order valence-electron chi connectivity index (χ4n) is 4.98. The van der Waals surface area contributed by atoms with Crippen molar-refractivity contribution in [1.29, 1.82) is 0 Å².